The van der Waals surface area contributed by atoms with E-state index in [0.717, 1.165) is 27.7 Å². The highest BCUT2D eigenvalue weighted by Gasteiger charge is 2.16. The van der Waals surface area contributed by atoms with Crippen molar-refractivity contribution in [3.8, 4) is 11.3 Å². The molecular formula is C21H23FN6O2. The smallest absolute Gasteiger partial charge is 0.222 e. The van der Waals surface area contributed by atoms with Gasteiger partial charge in [0.15, 0.2) is 5.82 Å². The Morgan fingerprint density at radius 1 is 1.37 bits per heavy atom. The molecule has 0 radical (unpaired) electrons. The number of carbonyl (C=O) groups excluding carboxylic acids is 1. The summed E-state index contributed by atoms with van der Waals surface area (Å²) in [5, 5.41) is 15.9. The first-order chi connectivity index (χ1) is 14.4. The zero-order chi connectivity index (χ0) is 21.4. The lowest BCUT2D eigenvalue weighted by Crippen LogP contribution is -2.26. The fourth-order valence-corrected chi connectivity index (χ4v) is 3.54. The summed E-state index contributed by atoms with van der Waals surface area (Å²) in [6.07, 6.45) is 0.973. The number of nitrogens with zero attached hydrogens (tertiary/aromatic N) is 3. The third-order valence-electron chi connectivity index (χ3n) is 4.99. The van der Waals surface area contributed by atoms with E-state index in [0.29, 0.717) is 17.0 Å². The number of fused-ring (bicyclic) bond motifs is 3. The van der Waals surface area contributed by atoms with Crippen molar-refractivity contribution in [3.63, 3.8) is 0 Å². The number of halogens is 1. The van der Waals surface area contributed by atoms with Crippen LogP contribution in [-0.4, -0.2) is 43.7 Å². The van der Waals surface area contributed by atoms with Crippen LogP contribution >= 0.6 is 0 Å². The number of aliphatic hydroxyl groups is 1. The first-order valence-electron chi connectivity index (χ1n) is 9.62. The third-order valence-corrected chi connectivity index (χ3v) is 4.99. The molecule has 30 heavy (non-hydrogen) atoms. The summed E-state index contributed by atoms with van der Waals surface area (Å²) in [6.45, 7) is 1.57. The molecule has 9 heteroatoms. The molecule has 8 nitrogen and oxygen atoms in total. The van der Waals surface area contributed by atoms with Crippen molar-refractivity contribution in [2.75, 3.05) is 12.4 Å². The minimum Gasteiger partial charge on any atom is -0.393 e. The molecule has 0 aliphatic rings. The number of imidazole rings is 1. The van der Waals surface area contributed by atoms with Gasteiger partial charge in [-0.2, -0.15) is 0 Å². The number of hydrogen-bond acceptors (Lipinski definition) is 5. The zero-order valence-corrected chi connectivity index (χ0v) is 17.0. The van der Waals surface area contributed by atoms with E-state index in [1.165, 1.54) is 13.0 Å². The number of pyridine rings is 1. The van der Waals surface area contributed by atoms with Gasteiger partial charge in [-0.05, 0) is 36.8 Å². The predicted molar refractivity (Wildman–Crippen MR) is 113 cm³/mol. The van der Waals surface area contributed by atoms with Gasteiger partial charge >= 0.3 is 0 Å². The summed E-state index contributed by atoms with van der Waals surface area (Å²) in [7, 11) is 3.72. The second kappa shape index (κ2) is 7.75. The van der Waals surface area contributed by atoms with Gasteiger partial charge in [-0.1, -0.05) is 0 Å². The van der Waals surface area contributed by atoms with E-state index in [1.807, 2.05) is 17.7 Å². The highest BCUT2D eigenvalue weighted by Crippen LogP contribution is 2.32. The van der Waals surface area contributed by atoms with E-state index in [4.69, 9.17) is 0 Å². The number of nitrogens with one attached hydrogen (secondary N) is 3. The summed E-state index contributed by atoms with van der Waals surface area (Å²) in [6, 6.07) is 6.72. The first-order valence-corrected chi connectivity index (χ1v) is 9.62. The van der Waals surface area contributed by atoms with Gasteiger partial charge in [0.05, 0.1) is 24.4 Å². The number of anilines is 1. The second-order valence-electron chi connectivity index (χ2n) is 7.34. The van der Waals surface area contributed by atoms with Crippen LogP contribution in [0.25, 0.3) is 33.3 Å². The lowest BCUT2D eigenvalue weighted by atomic mass is 10.1. The van der Waals surface area contributed by atoms with Crippen molar-refractivity contribution in [2.45, 2.75) is 26.0 Å². The summed E-state index contributed by atoms with van der Waals surface area (Å²) in [5.41, 5.74) is 4.33. The van der Waals surface area contributed by atoms with Crippen LogP contribution in [0.2, 0.25) is 0 Å². The number of H-pyrrole nitrogens is 1. The fraction of sp³-hybridized carbons (Fsp3) is 0.286. The van der Waals surface area contributed by atoms with Crippen molar-refractivity contribution >= 4 is 33.8 Å². The number of aryl methyl sites for hydroxylation is 1. The van der Waals surface area contributed by atoms with Crippen LogP contribution in [0.3, 0.4) is 0 Å². The van der Waals surface area contributed by atoms with Crippen molar-refractivity contribution in [1.82, 2.24) is 24.8 Å². The lowest BCUT2D eigenvalue weighted by Gasteiger charge is -2.09. The maximum Gasteiger partial charge on any atom is 0.222 e. The maximum absolute atomic E-state index is 14.3. The van der Waals surface area contributed by atoms with E-state index < -0.39 is 11.9 Å². The van der Waals surface area contributed by atoms with Gasteiger partial charge in [0.25, 0.3) is 0 Å². The number of amides is 1. The van der Waals surface area contributed by atoms with Crippen molar-refractivity contribution < 1.29 is 14.3 Å². The molecule has 0 saturated heterocycles. The van der Waals surface area contributed by atoms with Gasteiger partial charge in [-0.25, -0.2) is 14.4 Å². The summed E-state index contributed by atoms with van der Waals surface area (Å²) < 4.78 is 16.2. The average molecular weight is 410 g/mol. The zero-order valence-electron chi connectivity index (χ0n) is 17.0. The van der Waals surface area contributed by atoms with Crippen LogP contribution in [-0.2, 0) is 18.4 Å². The Morgan fingerprint density at radius 2 is 2.17 bits per heavy atom. The molecule has 3 aromatic heterocycles. The Hall–Kier alpha value is -3.46. The lowest BCUT2D eigenvalue weighted by molar-refractivity contribution is -0.122. The van der Waals surface area contributed by atoms with E-state index in [9.17, 15) is 14.3 Å². The molecule has 0 aliphatic carbocycles. The van der Waals surface area contributed by atoms with Crippen molar-refractivity contribution in [2.24, 2.45) is 7.05 Å². The second-order valence-corrected chi connectivity index (χ2v) is 7.34. The average Bonchev–Trinajstić information content (AvgIpc) is 3.29. The summed E-state index contributed by atoms with van der Waals surface area (Å²) in [4.78, 5) is 24.1. The highest BCUT2D eigenvalue weighted by atomic mass is 19.1. The number of carbonyl (C=O) groups is 1. The number of aromatic nitrogens is 4. The third kappa shape index (κ3) is 3.59. The molecule has 1 aromatic carbocycles. The van der Waals surface area contributed by atoms with E-state index >= 15 is 0 Å². The molecule has 0 saturated carbocycles. The Labute approximate surface area is 172 Å². The van der Waals surface area contributed by atoms with Gasteiger partial charge in [0.1, 0.15) is 17.0 Å². The molecule has 4 rings (SSSR count). The molecule has 1 amide bonds. The molecule has 4 N–H and O–H groups in total. The Morgan fingerprint density at radius 3 is 2.90 bits per heavy atom. The number of rotatable bonds is 6. The standard InChI is InChI=1S/C21H23FN6O2/c1-11(29)6-17(30)24-9-13-7-12(4-5-15(13)22)16-8-14-19-18(25-10-28(19)3)21(23-2)27-20(14)26-16/h4-5,7-8,10-11,29H,6,9H2,1-3H3,(H,24,30)(H2,23,26,27)/t11-/m0/s1. The van der Waals surface area contributed by atoms with E-state index in [-0.39, 0.29) is 18.9 Å². The Kier molecular flexibility index (Phi) is 5.13. The van der Waals surface area contributed by atoms with E-state index in [1.54, 1.807) is 25.5 Å². The Balaban J connectivity index is 1.71. The highest BCUT2D eigenvalue weighted by molar-refractivity contribution is 6.07. The van der Waals surface area contributed by atoms with Crippen LogP contribution in [0, 0.1) is 5.82 Å². The van der Waals surface area contributed by atoms with Crippen molar-refractivity contribution in [3.05, 3.63) is 42.0 Å². The monoisotopic (exact) mass is 410 g/mol. The largest absolute Gasteiger partial charge is 0.393 e. The van der Waals surface area contributed by atoms with Crippen LogP contribution in [0.4, 0.5) is 10.2 Å². The molecule has 0 fully saturated rings. The van der Waals surface area contributed by atoms with Gasteiger partial charge in [0, 0.05) is 37.3 Å². The molecule has 156 valence electrons. The minimum absolute atomic E-state index is 0.0243. The molecule has 0 bridgehead atoms. The van der Waals surface area contributed by atoms with E-state index in [2.05, 4.69) is 25.6 Å². The molecule has 0 unspecified atom stereocenters. The van der Waals surface area contributed by atoms with Crippen LogP contribution in [0.1, 0.15) is 18.9 Å². The van der Waals surface area contributed by atoms with Crippen LogP contribution in [0.5, 0.6) is 0 Å². The van der Waals surface area contributed by atoms with Gasteiger partial charge in [-0.3, -0.25) is 4.79 Å². The van der Waals surface area contributed by atoms with Crippen LogP contribution in [0.15, 0.2) is 30.6 Å². The molecule has 0 aliphatic heterocycles. The normalized spacial score (nSPS) is 12.4. The quantitative estimate of drug-likeness (QED) is 0.391. The van der Waals surface area contributed by atoms with Gasteiger partial charge in [-0.15, -0.1) is 0 Å². The van der Waals surface area contributed by atoms with Gasteiger partial charge < -0.3 is 25.3 Å². The van der Waals surface area contributed by atoms with Crippen LogP contribution < -0.4 is 10.6 Å². The topological polar surface area (TPSA) is 108 Å². The predicted octanol–water partition coefficient (Wildman–Crippen LogP) is 2.68. The summed E-state index contributed by atoms with van der Waals surface area (Å²) in [5.74, 6) is -0.0632. The molecule has 0 spiro atoms. The molecule has 3 heterocycles. The fourth-order valence-electron chi connectivity index (χ4n) is 3.54. The molecular weight excluding hydrogens is 387 g/mol. The molecule has 4 aromatic rings. The minimum atomic E-state index is -0.744. The number of benzene rings is 1. The van der Waals surface area contributed by atoms with Gasteiger partial charge in [0.2, 0.25) is 5.91 Å². The van der Waals surface area contributed by atoms with Crippen molar-refractivity contribution in [1.29, 1.82) is 0 Å². The SMILES string of the molecule is CNc1nc2[nH]c(-c3ccc(F)c(CNC(=O)C[C@H](C)O)c3)cc2c2c1ncn2C. The number of aromatic amines is 1. The number of hydrogen-bond donors (Lipinski definition) is 4. The number of aliphatic hydroxyl groups excluding tert-OH is 1. The first kappa shape index (κ1) is 19.8. The maximum atomic E-state index is 14.3. The summed E-state index contributed by atoms with van der Waals surface area (Å²) >= 11 is 0. The Bertz CT molecular complexity index is 1240. The molecule has 1 atom stereocenters.